The summed E-state index contributed by atoms with van der Waals surface area (Å²) in [6.45, 7) is 5.85. The maximum absolute atomic E-state index is 12.9. The molecular weight excluding hydrogens is 253 g/mol. The van der Waals surface area contributed by atoms with Gasteiger partial charge in [-0.3, -0.25) is 0 Å². The van der Waals surface area contributed by atoms with Crippen LogP contribution in [0.5, 0.6) is 0 Å². The summed E-state index contributed by atoms with van der Waals surface area (Å²) in [6.07, 6.45) is 2.53. The number of nitrogens with zero attached hydrogens (tertiary/aromatic N) is 2. The van der Waals surface area contributed by atoms with Crippen molar-refractivity contribution in [3.8, 4) is 6.07 Å². The Kier molecular flexibility index (Phi) is 6.47. The zero-order valence-electron chi connectivity index (χ0n) is 12.6. The molecule has 0 fully saturated rings. The van der Waals surface area contributed by atoms with Crippen LogP contribution in [0.2, 0.25) is 0 Å². The topological polar surface area (TPSA) is 39.1 Å². The molecule has 1 N–H and O–H groups in total. The number of nitriles is 1. The lowest BCUT2D eigenvalue weighted by Crippen LogP contribution is -2.41. The smallest absolute Gasteiger partial charge is 0.123 e. The highest BCUT2D eigenvalue weighted by Gasteiger charge is 2.25. The summed E-state index contributed by atoms with van der Waals surface area (Å²) in [5.41, 5.74) is 0.597. The van der Waals surface area contributed by atoms with Gasteiger partial charge in [-0.2, -0.15) is 5.26 Å². The highest BCUT2D eigenvalue weighted by molar-refractivity contribution is 5.45. The molecule has 0 aliphatic heterocycles. The average molecular weight is 277 g/mol. The van der Waals surface area contributed by atoms with Crippen LogP contribution >= 0.6 is 0 Å². The molecule has 0 amide bonds. The van der Waals surface area contributed by atoms with E-state index in [0.29, 0.717) is 0 Å². The van der Waals surface area contributed by atoms with Gasteiger partial charge in [-0.1, -0.05) is 6.92 Å². The lowest BCUT2D eigenvalue weighted by Gasteiger charge is -2.27. The van der Waals surface area contributed by atoms with E-state index in [0.717, 1.165) is 38.0 Å². The average Bonchev–Trinajstić information content (AvgIpc) is 2.50. The molecule has 3 nitrogen and oxygen atoms in total. The van der Waals surface area contributed by atoms with Crippen LogP contribution in [0.1, 0.15) is 33.1 Å². The monoisotopic (exact) mass is 277 g/mol. The van der Waals surface area contributed by atoms with E-state index in [1.807, 2.05) is 14.0 Å². The molecule has 0 radical (unpaired) electrons. The molecule has 1 rings (SSSR count). The summed E-state index contributed by atoms with van der Waals surface area (Å²) >= 11 is 0. The maximum atomic E-state index is 12.9. The zero-order valence-corrected chi connectivity index (χ0v) is 12.6. The molecule has 4 heteroatoms. The van der Waals surface area contributed by atoms with Gasteiger partial charge < -0.3 is 10.2 Å². The van der Waals surface area contributed by atoms with Gasteiger partial charge in [-0.25, -0.2) is 4.39 Å². The Morgan fingerprint density at radius 1 is 1.30 bits per heavy atom. The first-order valence-electron chi connectivity index (χ1n) is 7.21. The molecule has 0 aliphatic carbocycles. The van der Waals surface area contributed by atoms with Gasteiger partial charge in [0.15, 0.2) is 0 Å². The summed E-state index contributed by atoms with van der Waals surface area (Å²) < 4.78 is 12.9. The summed E-state index contributed by atoms with van der Waals surface area (Å²) in [5, 5.41) is 12.4. The van der Waals surface area contributed by atoms with Gasteiger partial charge in [0.1, 0.15) is 11.4 Å². The van der Waals surface area contributed by atoms with Crippen molar-refractivity contribution in [2.75, 3.05) is 25.0 Å². The first kappa shape index (κ1) is 16.5. The van der Waals surface area contributed by atoms with E-state index in [1.54, 1.807) is 12.1 Å². The van der Waals surface area contributed by atoms with E-state index in [4.69, 9.17) is 0 Å². The molecule has 0 saturated carbocycles. The largest absolute Gasteiger partial charge is 0.372 e. The van der Waals surface area contributed by atoms with Crippen molar-refractivity contribution in [2.24, 2.45) is 0 Å². The number of hydrogen-bond acceptors (Lipinski definition) is 3. The molecule has 0 saturated heterocycles. The van der Waals surface area contributed by atoms with Crippen molar-refractivity contribution in [1.29, 1.82) is 5.26 Å². The number of rotatable bonds is 8. The van der Waals surface area contributed by atoms with Crippen LogP contribution in [0.15, 0.2) is 24.3 Å². The fourth-order valence-corrected chi connectivity index (χ4v) is 2.36. The molecule has 1 aromatic rings. The minimum Gasteiger partial charge on any atom is -0.372 e. The van der Waals surface area contributed by atoms with Crippen molar-refractivity contribution in [3.63, 3.8) is 0 Å². The van der Waals surface area contributed by atoms with E-state index in [9.17, 15) is 9.65 Å². The Labute approximate surface area is 121 Å². The van der Waals surface area contributed by atoms with Crippen LogP contribution in [0.3, 0.4) is 0 Å². The highest BCUT2D eigenvalue weighted by atomic mass is 19.1. The van der Waals surface area contributed by atoms with Crippen LogP contribution in [-0.4, -0.2) is 25.7 Å². The summed E-state index contributed by atoms with van der Waals surface area (Å²) in [6, 6.07) is 8.94. The predicted octanol–water partition coefficient (Wildman–Crippen LogP) is 3.32. The SMILES string of the molecule is CCN(CCCC(C#N)(CC)NC)c1ccc(F)cc1. The molecule has 0 spiro atoms. The Hall–Kier alpha value is -1.60. The Morgan fingerprint density at radius 2 is 1.95 bits per heavy atom. The Morgan fingerprint density at radius 3 is 2.40 bits per heavy atom. The molecular formula is C16H24FN3. The van der Waals surface area contributed by atoms with Crippen LogP contribution < -0.4 is 10.2 Å². The number of hydrogen-bond donors (Lipinski definition) is 1. The molecule has 1 atom stereocenters. The number of benzene rings is 1. The van der Waals surface area contributed by atoms with E-state index in [-0.39, 0.29) is 5.82 Å². The highest BCUT2D eigenvalue weighted by Crippen LogP contribution is 2.19. The third kappa shape index (κ3) is 4.21. The second-order valence-electron chi connectivity index (χ2n) is 4.96. The van der Waals surface area contributed by atoms with Gasteiger partial charge in [0.2, 0.25) is 0 Å². The zero-order chi connectivity index (χ0) is 15.0. The molecule has 110 valence electrons. The van der Waals surface area contributed by atoms with Crippen LogP contribution in [0.25, 0.3) is 0 Å². The van der Waals surface area contributed by atoms with Gasteiger partial charge in [0, 0.05) is 18.8 Å². The van der Waals surface area contributed by atoms with E-state index < -0.39 is 5.54 Å². The van der Waals surface area contributed by atoms with Gasteiger partial charge >= 0.3 is 0 Å². The maximum Gasteiger partial charge on any atom is 0.123 e. The standard InChI is InChI=1S/C16H24FN3/c1-4-16(13-18,19-3)11-6-12-20(5-2)15-9-7-14(17)8-10-15/h7-10,19H,4-6,11-12H2,1-3H3. The normalized spacial score (nSPS) is 13.6. The third-order valence-electron chi connectivity index (χ3n) is 3.90. The predicted molar refractivity (Wildman–Crippen MR) is 81.2 cm³/mol. The second-order valence-corrected chi connectivity index (χ2v) is 4.96. The molecule has 0 aromatic heterocycles. The molecule has 0 aliphatic rings. The first-order chi connectivity index (χ1) is 9.60. The van der Waals surface area contributed by atoms with Crippen molar-refractivity contribution in [2.45, 2.75) is 38.6 Å². The summed E-state index contributed by atoms with van der Waals surface area (Å²) in [5.74, 6) is -0.213. The van der Waals surface area contributed by atoms with Crippen molar-refractivity contribution in [1.82, 2.24) is 5.32 Å². The van der Waals surface area contributed by atoms with E-state index >= 15 is 0 Å². The Balaban J connectivity index is 2.58. The van der Waals surface area contributed by atoms with Crippen molar-refractivity contribution >= 4 is 5.69 Å². The minimum absolute atomic E-state index is 0.213. The van der Waals surface area contributed by atoms with Crippen LogP contribution in [0, 0.1) is 17.1 Å². The third-order valence-corrected chi connectivity index (χ3v) is 3.90. The van der Waals surface area contributed by atoms with Crippen molar-refractivity contribution in [3.05, 3.63) is 30.1 Å². The summed E-state index contributed by atoms with van der Waals surface area (Å²) in [7, 11) is 1.84. The fourth-order valence-electron chi connectivity index (χ4n) is 2.36. The Bertz CT molecular complexity index is 432. The molecule has 0 bridgehead atoms. The van der Waals surface area contributed by atoms with Gasteiger partial charge in [0.05, 0.1) is 6.07 Å². The number of halogens is 1. The minimum atomic E-state index is -0.428. The first-order valence-corrected chi connectivity index (χ1v) is 7.21. The van der Waals surface area contributed by atoms with Gasteiger partial charge in [0.25, 0.3) is 0 Å². The van der Waals surface area contributed by atoms with Crippen molar-refractivity contribution < 1.29 is 4.39 Å². The number of anilines is 1. The number of nitrogens with one attached hydrogen (secondary N) is 1. The van der Waals surface area contributed by atoms with E-state index in [1.165, 1.54) is 12.1 Å². The van der Waals surface area contributed by atoms with Crippen LogP contribution in [-0.2, 0) is 0 Å². The second kappa shape index (κ2) is 7.86. The molecule has 1 aromatic carbocycles. The van der Waals surface area contributed by atoms with Gasteiger partial charge in [-0.15, -0.1) is 0 Å². The fraction of sp³-hybridized carbons (Fsp3) is 0.562. The lowest BCUT2D eigenvalue weighted by molar-refractivity contribution is 0.393. The van der Waals surface area contributed by atoms with Crippen LogP contribution in [0.4, 0.5) is 10.1 Å². The molecule has 1 unspecified atom stereocenters. The quantitative estimate of drug-likeness (QED) is 0.792. The molecule has 20 heavy (non-hydrogen) atoms. The molecule has 0 heterocycles. The summed E-state index contributed by atoms with van der Waals surface area (Å²) in [4.78, 5) is 2.20. The van der Waals surface area contributed by atoms with E-state index in [2.05, 4.69) is 23.2 Å². The van der Waals surface area contributed by atoms with Gasteiger partial charge in [-0.05, 0) is 57.5 Å². The lowest BCUT2D eigenvalue weighted by atomic mass is 9.92.